The molecule has 0 heterocycles. The molecule has 2 aromatic rings. The molecule has 0 atom stereocenters. The number of ether oxygens (including phenoxy) is 1. The Bertz CT molecular complexity index is 546. The summed E-state index contributed by atoms with van der Waals surface area (Å²) in [4.78, 5) is 0. The van der Waals surface area contributed by atoms with Crippen LogP contribution >= 0.6 is 12.4 Å². The van der Waals surface area contributed by atoms with Gasteiger partial charge in [0.1, 0.15) is 0 Å². The Morgan fingerprint density at radius 2 is 1.68 bits per heavy atom. The first kappa shape index (κ1) is 18.3. The van der Waals surface area contributed by atoms with Gasteiger partial charge in [-0.05, 0) is 55.5 Å². The van der Waals surface area contributed by atoms with E-state index in [-0.39, 0.29) is 18.2 Å². The molecule has 2 rings (SSSR count). The molecule has 0 unspecified atom stereocenters. The average Bonchev–Trinajstić information content (AvgIpc) is 2.51. The second-order valence-electron chi connectivity index (χ2n) is 5.13. The van der Waals surface area contributed by atoms with Gasteiger partial charge in [0, 0.05) is 0 Å². The minimum absolute atomic E-state index is 0. The Balaban J connectivity index is 0.00000242. The molecule has 3 nitrogen and oxygen atoms in total. The normalized spacial score (nSPS) is 10.0. The van der Waals surface area contributed by atoms with Crippen molar-refractivity contribution < 1.29 is 9.84 Å². The van der Waals surface area contributed by atoms with Crippen LogP contribution in [0.1, 0.15) is 24.0 Å². The molecule has 4 heteroatoms. The highest BCUT2D eigenvalue weighted by Gasteiger charge is 2.04. The Morgan fingerprint density at radius 1 is 0.909 bits per heavy atom. The first-order valence-electron chi connectivity index (χ1n) is 7.48. The summed E-state index contributed by atoms with van der Waals surface area (Å²) in [7, 11) is 0. The van der Waals surface area contributed by atoms with Crippen LogP contribution in [-0.2, 0) is 12.8 Å². The first-order valence-corrected chi connectivity index (χ1v) is 7.48. The van der Waals surface area contributed by atoms with E-state index in [1.807, 2.05) is 18.2 Å². The van der Waals surface area contributed by atoms with Crippen LogP contribution in [0.2, 0.25) is 0 Å². The fraction of sp³-hybridized carbons (Fsp3) is 0.333. The molecule has 2 aromatic carbocycles. The maximum atomic E-state index is 9.78. The van der Waals surface area contributed by atoms with E-state index in [1.54, 1.807) is 6.07 Å². The average molecular weight is 322 g/mol. The molecule has 0 aromatic heterocycles. The molecule has 22 heavy (non-hydrogen) atoms. The number of benzene rings is 2. The summed E-state index contributed by atoms with van der Waals surface area (Å²) in [6, 6.07) is 15.9. The number of aromatic hydroxyl groups is 1. The molecular formula is C18H24ClNO2. The quantitative estimate of drug-likeness (QED) is 0.729. The van der Waals surface area contributed by atoms with Crippen molar-refractivity contribution in [1.82, 2.24) is 0 Å². The van der Waals surface area contributed by atoms with Crippen molar-refractivity contribution in [1.29, 1.82) is 0 Å². The lowest BCUT2D eigenvalue weighted by atomic mass is 10.1. The standard InChI is InChI=1S/C18H23NO2.ClH/c19-12-11-16-9-10-17(20)18(14-16)21-13-5-4-8-15-6-2-1-3-7-15;/h1-3,6-7,9-10,14,20H,4-5,8,11-13,19H2;1H. The summed E-state index contributed by atoms with van der Waals surface area (Å²) in [5, 5.41) is 9.78. The van der Waals surface area contributed by atoms with Crippen LogP contribution in [0, 0.1) is 0 Å². The van der Waals surface area contributed by atoms with Gasteiger partial charge in [0.25, 0.3) is 0 Å². The molecule has 0 fully saturated rings. The van der Waals surface area contributed by atoms with Crippen molar-refractivity contribution in [3.63, 3.8) is 0 Å². The third-order valence-electron chi connectivity index (χ3n) is 3.42. The van der Waals surface area contributed by atoms with E-state index < -0.39 is 0 Å². The van der Waals surface area contributed by atoms with E-state index in [9.17, 15) is 5.11 Å². The number of unbranched alkanes of at least 4 members (excludes halogenated alkanes) is 1. The van der Waals surface area contributed by atoms with Crippen LogP contribution in [0.5, 0.6) is 11.5 Å². The van der Waals surface area contributed by atoms with E-state index in [2.05, 4.69) is 24.3 Å². The minimum atomic E-state index is 0. The molecule has 0 bridgehead atoms. The Kier molecular flexibility index (Phi) is 8.41. The largest absolute Gasteiger partial charge is 0.504 e. The number of hydrogen-bond donors (Lipinski definition) is 2. The van der Waals surface area contributed by atoms with Gasteiger partial charge in [0.05, 0.1) is 6.61 Å². The van der Waals surface area contributed by atoms with E-state index in [0.717, 1.165) is 31.2 Å². The van der Waals surface area contributed by atoms with Crippen LogP contribution in [0.25, 0.3) is 0 Å². The fourth-order valence-corrected chi connectivity index (χ4v) is 2.25. The van der Waals surface area contributed by atoms with Crippen LogP contribution in [0.3, 0.4) is 0 Å². The molecule has 0 saturated heterocycles. The van der Waals surface area contributed by atoms with Gasteiger partial charge in [-0.15, -0.1) is 12.4 Å². The molecule has 0 aliphatic rings. The van der Waals surface area contributed by atoms with Gasteiger partial charge in [-0.1, -0.05) is 36.4 Å². The molecule has 0 aliphatic heterocycles. The SMILES string of the molecule is Cl.NCCc1ccc(O)c(OCCCCc2ccccc2)c1. The van der Waals surface area contributed by atoms with Crippen LogP contribution in [0.4, 0.5) is 0 Å². The minimum Gasteiger partial charge on any atom is -0.504 e. The lowest BCUT2D eigenvalue weighted by Gasteiger charge is -2.10. The number of phenols is 1. The zero-order valence-corrected chi connectivity index (χ0v) is 13.5. The summed E-state index contributed by atoms with van der Waals surface area (Å²) in [5.41, 5.74) is 7.98. The summed E-state index contributed by atoms with van der Waals surface area (Å²) >= 11 is 0. The van der Waals surface area contributed by atoms with Crippen molar-refractivity contribution in [3.05, 3.63) is 59.7 Å². The number of nitrogens with two attached hydrogens (primary N) is 1. The Morgan fingerprint density at radius 3 is 2.41 bits per heavy atom. The van der Waals surface area contributed by atoms with Gasteiger partial charge in [-0.2, -0.15) is 0 Å². The fourth-order valence-electron chi connectivity index (χ4n) is 2.25. The van der Waals surface area contributed by atoms with Crippen LogP contribution in [0.15, 0.2) is 48.5 Å². The lowest BCUT2D eigenvalue weighted by molar-refractivity contribution is 0.290. The highest BCUT2D eigenvalue weighted by atomic mass is 35.5. The van der Waals surface area contributed by atoms with Gasteiger partial charge in [0.15, 0.2) is 11.5 Å². The molecule has 0 spiro atoms. The Hall–Kier alpha value is -1.71. The number of rotatable bonds is 8. The first-order chi connectivity index (χ1) is 10.3. The number of halogens is 1. The van der Waals surface area contributed by atoms with Gasteiger partial charge < -0.3 is 15.6 Å². The third kappa shape index (κ3) is 5.96. The zero-order chi connectivity index (χ0) is 14.9. The summed E-state index contributed by atoms with van der Waals surface area (Å²) in [6.45, 7) is 1.22. The van der Waals surface area contributed by atoms with Crippen molar-refractivity contribution in [2.45, 2.75) is 25.7 Å². The molecule has 0 amide bonds. The molecular weight excluding hydrogens is 298 g/mol. The van der Waals surface area contributed by atoms with Crippen molar-refractivity contribution >= 4 is 12.4 Å². The smallest absolute Gasteiger partial charge is 0.161 e. The van der Waals surface area contributed by atoms with E-state index in [4.69, 9.17) is 10.5 Å². The molecule has 0 radical (unpaired) electrons. The van der Waals surface area contributed by atoms with Gasteiger partial charge in [-0.3, -0.25) is 0 Å². The monoisotopic (exact) mass is 321 g/mol. The van der Waals surface area contributed by atoms with Crippen molar-refractivity contribution in [2.24, 2.45) is 5.73 Å². The summed E-state index contributed by atoms with van der Waals surface area (Å²) in [6.07, 6.45) is 3.90. The predicted octanol–water partition coefficient (Wildman–Crippen LogP) is 3.72. The third-order valence-corrected chi connectivity index (χ3v) is 3.42. The van der Waals surface area contributed by atoms with Gasteiger partial charge in [0.2, 0.25) is 0 Å². The number of hydrogen-bond acceptors (Lipinski definition) is 3. The topological polar surface area (TPSA) is 55.5 Å². The Labute approximate surface area is 138 Å². The van der Waals surface area contributed by atoms with Crippen LogP contribution in [-0.4, -0.2) is 18.3 Å². The zero-order valence-electron chi connectivity index (χ0n) is 12.7. The number of phenolic OH excluding ortho intramolecular Hbond substituents is 1. The van der Waals surface area contributed by atoms with E-state index in [0.29, 0.717) is 18.9 Å². The maximum absolute atomic E-state index is 9.78. The molecule has 0 aliphatic carbocycles. The summed E-state index contributed by atoms with van der Waals surface area (Å²) < 4.78 is 5.67. The van der Waals surface area contributed by atoms with Crippen molar-refractivity contribution in [2.75, 3.05) is 13.2 Å². The number of aryl methyl sites for hydroxylation is 1. The molecule has 3 N–H and O–H groups in total. The highest BCUT2D eigenvalue weighted by molar-refractivity contribution is 5.85. The van der Waals surface area contributed by atoms with Crippen molar-refractivity contribution in [3.8, 4) is 11.5 Å². The van der Waals surface area contributed by atoms with E-state index in [1.165, 1.54) is 5.56 Å². The second-order valence-corrected chi connectivity index (χ2v) is 5.13. The summed E-state index contributed by atoms with van der Waals surface area (Å²) in [5.74, 6) is 0.750. The second kappa shape index (κ2) is 10.1. The predicted molar refractivity (Wildman–Crippen MR) is 93.0 cm³/mol. The van der Waals surface area contributed by atoms with Gasteiger partial charge in [-0.25, -0.2) is 0 Å². The van der Waals surface area contributed by atoms with Crippen LogP contribution < -0.4 is 10.5 Å². The van der Waals surface area contributed by atoms with E-state index >= 15 is 0 Å². The maximum Gasteiger partial charge on any atom is 0.161 e. The highest BCUT2D eigenvalue weighted by Crippen LogP contribution is 2.27. The van der Waals surface area contributed by atoms with Gasteiger partial charge >= 0.3 is 0 Å². The lowest BCUT2D eigenvalue weighted by Crippen LogP contribution is -2.03. The molecule has 0 saturated carbocycles. The molecule has 120 valence electrons.